The molecule has 5 heterocycles. The summed E-state index contributed by atoms with van der Waals surface area (Å²) in [5.74, 6) is 0.730. The van der Waals surface area contributed by atoms with Crippen LogP contribution < -0.4 is 5.32 Å². The molecule has 0 bridgehead atoms. The number of hydrogen-bond donors (Lipinski definition) is 1. The summed E-state index contributed by atoms with van der Waals surface area (Å²) >= 11 is 0. The third-order valence-electron chi connectivity index (χ3n) is 6.22. The van der Waals surface area contributed by atoms with Gasteiger partial charge in [-0.2, -0.15) is 0 Å². The zero-order chi connectivity index (χ0) is 21.4. The Hall–Kier alpha value is -2.29. The second-order valence-electron chi connectivity index (χ2n) is 9.05. The van der Waals surface area contributed by atoms with Crippen molar-refractivity contribution in [1.82, 2.24) is 19.9 Å². The third-order valence-corrected chi connectivity index (χ3v) is 6.22. The number of nitrogens with zero attached hydrogens (tertiary/aromatic N) is 4. The smallest absolute Gasteiger partial charge is 0.229 e. The first-order valence-electron chi connectivity index (χ1n) is 11.3. The predicted molar refractivity (Wildman–Crippen MR) is 119 cm³/mol. The minimum Gasteiger partial charge on any atom is -0.432 e. The van der Waals surface area contributed by atoms with Crippen molar-refractivity contribution in [3.8, 4) is 0 Å². The van der Waals surface area contributed by atoms with Gasteiger partial charge in [0, 0.05) is 38.2 Å². The lowest BCUT2D eigenvalue weighted by Gasteiger charge is -2.33. The van der Waals surface area contributed by atoms with E-state index in [1.54, 1.807) is 6.33 Å². The van der Waals surface area contributed by atoms with Crippen LogP contribution in [-0.4, -0.2) is 64.8 Å². The van der Waals surface area contributed by atoms with Crippen LogP contribution in [0.2, 0.25) is 0 Å². The third kappa shape index (κ3) is 4.00. The van der Waals surface area contributed by atoms with Crippen LogP contribution in [-0.2, 0) is 28.9 Å². The van der Waals surface area contributed by atoms with Crippen molar-refractivity contribution < 1.29 is 13.9 Å². The number of ether oxygens (including phenoxy) is 2. The lowest BCUT2D eigenvalue weighted by Crippen LogP contribution is -2.39. The highest BCUT2D eigenvalue weighted by atomic mass is 16.5. The van der Waals surface area contributed by atoms with Crippen molar-refractivity contribution in [3.05, 3.63) is 23.1 Å². The Kier molecular flexibility index (Phi) is 5.54. The Balaban J connectivity index is 1.52. The summed E-state index contributed by atoms with van der Waals surface area (Å²) in [7, 11) is 0. The number of morpholine rings is 1. The number of furan rings is 1. The average Bonchev–Trinajstić information content (AvgIpc) is 3.13. The van der Waals surface area contributed by atoms with Crippen LogP contribution in [0.15, 0.2) is 10.7 Å². The zero-order valence-electron chi connectivity index (χ0n) is 18.7. The van der Waals surface area contributed by atoms with E-state index in [1.807, 2.05) is 0 Å². The van der Waals surface area contributed by atoms with Crippen molar-refractivity contribution in [2.45, 2.75) is 52.2 Å². The Bertz CT molecular complexity index is 1090. The van der Waals surface area contributed by atoms with Gasteiger partial charge >= 0.3 is 0 Å². The second-order valence-corrected chi connectivity index (χ2v) is 9.05. The van der Waals surface area contributed by atoms with Crippen LogP contribution in [0.3, 0.4) is 0 Å². The Morgan fingerprint density at radius 2 is 2.00 bits per heavy atom. The number of aryl methyl sites for hydroxylation is 1. The van der Waals surface area contributed by atoms with Crippen LogP contribution in [0.4, 0.5) is 5.82 Å². The van der Waals surface area contributed by atoms with E-state index in [9.17, 15) is 0 Å². The number of fused-ring (bicyclic) bond motifs is 5. The van der Waals surface area contributed by atoms with E-state index in [2.05, 4.69) is 41.0 Å². The quantitative estimate of drug-likeness (QED) is 0.644. The van der Waals surface area contributed by atoms with Gasteiger partial charge in [-0.15, -0.1) is 0 Å². The highest BCUT2D eigenvalue weighted by Crippen LogP contribution is 2.39. The van der Waals surface area contributed by atoms with Gasteiger partial charge in [-0.1, -0.05) is 13.3 Å². The molecule has 2 aliphatic rings. The van der Waals surface area contributed by atoms with E-state index in [0.717, 1.165) is 81.1 Å². The van der Waals surface area contributed by atoms with E-state index in [-0.39, 0.29) is 5.60 Å². The van der Waals surface area contributed by atoms with E-state index >= 15 is 0 Å². The van der Waals surface area contributed by atoms with Gasteiger partial charge in [-0.05, 0) is 25.8 Å². The van der Waals surface area contributed by atoms with Crippen LogP contribution >= 0.6 is 0 Å². The predicted octanol–water partition coefficient (Wildman–Crippen LogP) is 3.32. The van der Waals surface area contributed by atoms with Crippen LogP contribution in [0.5, 0.6) is 0 Å². The molecule has 0 radical (unpaired) electrons. The molecule has 0 spiro atoms. The minimum absolute atomic E-state index is 0.222. The fourth-order valence-corrected chi connectivity index (χ4v) is 4.60. The number of aromatic nitrogens is 3. The molecule has 1 saturated heterocycles. The SMILES string of the molecule is CCCc1nc2oc3c(NCCN4CCOCC4)ncnc3c2c2c1COC(C)(C)C2. The minimum atomic E-state index is -0.222. The first-order chi connectivity index (χ1) is 15.1. The largest absolute Gasteiger partial charge is 0.432 e. The standard InChI is InChI=1S/C23H31N5O3/c1-4-5-17-16-13-30-23(2,3)12-15(16)18-19-20(31-22(18)27-17)21(26-14-25-19)24-6-7-28-8-10-29-11-9-28/h14H,4-13H2,1-3H3,(H,24,25,26). The molecule has 0 aliphatic carbocycles. The monoisotopic (exact) mass is 425 g/mol. The molecule has 3 aromatic heterocycles. The highest BCUT2D eigenvalue weighted by Gasteiger charge is 2.32. The Labute approximate surface area is 182 Å². The molecule has 3 aromatic rings. The van der Waals surface area contributed by atoms with Crippen molar-refractivity contribution in [1.29, 1.82) is 0 Å². The summed E-state index contributed by atoms with van der Waals surface area (Å²) in [6.45, 7) is 12.3. The van der Waals surface area contributed by atoms with Gasteiger partial charge in [0.2, 0.25) is 5.71 Å². The summed E-state index contributed by atoms with van der Waals surface area (Å²) < 4.78 is 17.8. The maximum Gasteiger partial charge on any atom is 0.229 e. The first kappa shape index (κ1) is 20.6. The van der Waals surface area contributed by atoms with E-state index in [4.69, 9.17) is 18.9 Å². The van der Waals surface area contributed by atoms with Gasteiger partial charge in [-0.25, -0.2) is 15.0 Å². The lowest BCUT2D eigenvalue weighted by atomic mass is 9.88. The summed E-state index contributed by atoms with van der Waals surface area (Å²) in [4.78, 5) is 16.4. The van der Waals surface area contributed by atoms with Gasteiger partial charge < -0.3 is 19.2 Å². The van der Waals surface area contributed by atoms with Crippen molar-refractivity contribution in [2.75, 3.05) is 44.7 Å². The van der Waals surface area contributed by atoms with Crippen molar-refractivity contribution >= 4 is 28.0 Å². The molecular formula is C23H31N5O3. The number of anilines is 1. The molecule has 1 N–H and O–H groups in total. The Morgan fingerprint density at radius 1 is 1.16 bits per heavy atom. The van der Waals surface area contributed by atoms with E-state index in [1.165, 1.54) is 11.1 Å². The molecule has 0 aromatic carbocycles. The average molecular weight is 426 g/mol. The zero-order valence-corrected chi connectivity index (χ0v) is 18.7. The lowest BCUT2D eigenvalue weighted by molar-refractivity contribution is -0.0401. The first-order valence-corrected chi connectivity index (χ1v) is 11.3. The number of hydrogen-bond acceptors (Lipinski definition) is 8. The fraction of sp³-hybridized carbons (Fsp3) is 0.609. The van der Waals surface area contributed by atoms with Crippen molar-refractivity contribution in [3.63, 3.8) is 0 Å². The normalized spacial score (nSPS) is 19.1. The maximum atomic E-state index is 6.27. The van der Waals surface area contributed by atoms with Crippen LogP contribution in [0.25, 0.3) is 22.2 Å². The number of nitrogens with one attached hydrogen (secondary N) is 1. The molecule has 166 valence electrons. The summed E-state index contributed by atoms with van der Waals surface area (Å²) in [6.07, 6.45) is 4.37. The summed E-state index contributed by atoms with van der Waals surface area (Å²) in [5, 5.41) is 4.47. The highest BCUT2D eigenvalue weighted by molar-refractivity contribution is 6.06. The van der Waals surface area contributed by atoms with Crippen molar-refractivity contribution in [2.24, 2.45) is 0 Å². The number of rotatable bonds is 6. The van der Waals surface area contributed by atoms with Gasteiger partial charge in [0.15, 0.2) is 11.4 Å². The molecule has 0 unspecified atom stereocenters. The summed E-state index contributed by atoms with van der Waals surface area (Å²) in [6, 6.07) is 0. The fourth-order valence-electron chi connectivity index (χ4n) is 4.60. The van der Waals surface area contributed by atoms with Crippen LogP contribution in [0, 0.1) is 0 Å². The topological polar surface area (TPSA) is 85.5 Å². The maximum absolute atomic E-state index is 6.27. The summed E-state index contributed by atoms with van der Waals surface area (Å²) in [5.41, 5.74) is 5.51. The van der Waals surface area contributed by atoms with Crippen LogP contribution in [0.1, 0.15) is 44.0 Å². The Morgan fingerprint density at radius 3 is 2.81 bits per heavy atom. The molecule has 31 heavy (non-hydrogen) atoms. The molecule has 2 aliphatic heterocycles. The van der Waals surface area contributed by atoms with E-state index < -0.39 is 0 Å². The van der Waals surface area contributed by atoms with Gasteiger partial charge in [0.25, 0.3) is 0 Å². The molecule has 5 rings (SSSR count). The molecule has 1 fully saturated rings. The molecule has 0 atom stereocenters. The van der Waals surface area contributed by atoms with E-state index in [0.29, 0.717) is 17.9 Å². The van der Waals surface area contributed by atoms with Gasteiger partial charge in [0.05, 0.1) is 36.5 Å². The molecule has 0 amide bonds. The molecule has 8 nitrogen and oxygen atoms in total. The number of pyridine rings is 1. The molecule has 8 heteroatoms. The molecular weight excluding hydrogens is 394 g/mol. The van der Waals surface area contributed by atoms with Gasteiger partial charge in [-0.3, -0.25) is 4.90 Å². The molecule has 0 saturated carbocycles. The second kappa shape index (κ2) is 8.33. The van der Waals surface area contributed by atoms with Gasteiger partial charge in [0.1, 0.15) is 11.8 Å².